The fourth-order valence-electron chi connectivity index (χ4n) is 4.49. The Morgan fingerprint density at radius 1 is 1.12 bits per heavy atom. The number of pyridine rings is 1. The normalized spacial score (nSPS) is 12.9. The van der Waals surface area contributed by atoms with Crippen LogP contribution in [0.1, 0.15) is 58.2 Å². The van der Waals surface area contributed by atoms with E-state index in [9.17, 15) is 14.4 Å². The summed E-state index contributed by atoms with van der Waals surface area (Å²) >= 11 is 0. The van der Waals surface area contributed by atoms with Crippen molar-refractivity contribution < 1.29 is 18.3 Å². The predicted octanol–water partition coefficient (Wildman–Crippen LogP) is 6.87. The number of benzene rings is 2. The Bertz CT molecular complexity index is 1570. The smallest absolute Gasteiger partial charge is 0.306 e. The molecule has 10 heteroatoms. The van der Waals surface area contributed by atoms with E-state index >= 15 is 4.39 Å². The Kier molecular flexibility index (Phi) is 8.33. The van der Waals surface area contributed by atoms with Crippen molar-refractivity contribution in [3.63, 3.8) is 0 Å². The zero-order valence-electron chi connectivity index (χ0n) is 23.1. The minimum Gasteiger partial charge on any atom is -0.460 e. The van der Waals surface area contributed by atoms with Crippen LogP contribution in [0, 0.1) is 28.9 Å². The van der Waals surface area contributed by atoms with Gasteiger partial charge in [0.1, 0.15) is 17.5 Å². The van der Waals surface area contributed by atoms with E-state index in [0.717, 1.165) is 23.5 Å². The molecule has 0 amide bonds. The molecule has 0 bridgehead atoms. The number of aromatic nitrogens is 3. The predicted molar refractivity (Wildman–Crippen MR) is 150 cm³/mol. The molecule has 4 aromatic rings. The number of ether oxygens (including phenoxy) is 1. The molecule has 2 atom stereocenters. The molecule has 208 valence electrons. The fraction of sp³-hybridized carbons (Fsp3) is 0.333. The number of carbonyl (C=O) groups excluding carboxylic acids is 1. The minimum absolute atomic E-state index is 0.00311. The third-order valence-electron chi connectivity index (χ3n) is 6.31. The number of hydrogen-bond acceptors (Lipinski definition) is 7. The van der Waals surface area contributed by atoms with E-state index in [4.69, 9.17) is 4.74 Å². The lowest BCUT2D eigenvalue weighted by Crippen LogP contribution is -2.28. The maximum absolute atomic E-state index is 15.2. The molecule has 2 aromatic carbocycles. The molecular formula is C30H32F2N6O2. The molecule has 0 saturated carbocycles. The van der Waals surface area contributed by atoms with E-state index in [1.807, 2.05) is 35.9 Å². The van der Waals surface area contributed by atoms with Crippen molar-refractivity contribution in [2.24, 2.45) is 5.92 Å². The first-order valence-electron chi connectivity index (χ1n) is 13.0. The van der Waals surface area contributed by atoms with Crippen LogP contribution in [0.3, 0.4) is 0 Å². The highest BCUT2D eigenvalue weighted by atomic mass is 19.1. The highest BCUT2D eigenvalue weighted by Gasteiger charge is 2.28. The first-order chi connectivity index (χ1) is 19.0. The van der Waals surface area contributed by atoms with Crippen LogP contribution in [-0.2, 0) is 16.1 Å². The average Bonchev–Trinajstić information content (AvgIpc) is 3.30. The van der Waals surface area contributed by atoms with Crippen LogP contribution in [-0.4, -0.2) is 26.3 Å². The Labute approximate surface area is 232 Å². The molecular weight excluding hydrogens is 514 g/mol. The molecule has 8 nitrogen and oxygen atoms in total. The van der Waals surface area contributed by atoms with E-state index in [1.165, 1.54) is 6.07 Å². The lowest BCUT2D eigenvalue weighted by Gasteiger charge is -2.28. The van der Waals surface area contributed by atoms with Crippen molar-refractivity contribution in [2.75, 3.05) is 10.6 Å². The van der Waals surface area contributed by atoms with E-state index in [-0.39, 0.29) is 29.2 Å². The van der Waals surface area contributed by atoms with Crippen LogP contribution < -0.4 is 10.6 Å². The molecule has 0 radical (unpaired) electrons. The SMILES string of the molecule is CCn1ncc2cc(Nc3nc(N[C@H](c4ccccc4F)[C@H](C)CC(=O)OC(C)(C)C)c(F)cc3C#N)ccc21. The summed E-state index contributed by atoms with van der Waals surface area (Å²) in [5.74, 6) is -2.32. The topological polar surface area (TPSA) is 105 Å². The molecule has 0 spiro atoms. The Balaban J connectivity index is 1.67. The quantitative estimate of drug-likeness (QED) is 0.221. The largest absolute Gasteiger partial charge is 0.460 e. The second-order valence-corrected chi connectivity index (χ2v) is 10.6. The highest BCUT2D eigenvalue weighted by Crippen LogP contribution is 2.33. The number of esters is 1. The number of anilines is 3. The summed E-state index contributed by atoms with van der Waals surface area (Å²) in [6, 6.07) is 13.9. The number of nitrogens with zero attached hydrogens (tertiary/aromatic N) is 4. The van der Waals surface area contributed by atoms with Gasteiger partial charge in [0, 0.05) is 23.2 Å². The Hall–Kier alpha value is -4.52. The number of carbonyl (C=O) groups is 1. The lowest BCUT2D eigenvalue weighted by atomic mass is 9.91. The number of hydrogen-bond donors (Lipinski definition) is 2. The minimum atomic E-state index is -0.826. The van der Waals surface area contributed by atoms with Crippen LogP contribution in [0.2, 0.25) is 0 Å². The third kappa shape index (κ3) is 6.54. The molecule has 40 heavy (non-hydrogen) atoms. The summed E-state index contributed by atoms with van der Waals surface area (Å²) in [6.45, 7) is 9.76. The van der Waals surface area contributed by atoms with Crippen molar-refractivity contribution in [3.8, 4) is 6.07 Å². The van der Waals surface area contributed by atoms with Crippen molar-refractivity contribution in [3.05, 3.63) is 77.5 Å². The highest BCUT2D eigenvalue weighted by molar-refractivity contribution is 5.83. The van der Waals surface area contributed by atoms with Gasteiger partial charge in [0.25, 0.3) is 0 Å². The van der Waals surface area contributed by atoms with E-state index < -0.39 is 35.2 Å². The number of nitrogens with one attached hydrogen (secondary N) is 2. The Morgan fingerprint density at radius 3 is 2.55 bits per heavy atom. The summed E-state index contributed by atoms with van der Waals surface area (Å²) < 4.78 is 37.5. The van der Waals surface area contributed by atoms with Gasteiger partial charge in [-0.1, -0.05) is 25.1 Å². The number of rotatable bonds is 9. The average molecular weight is 547 g/mol. The second-order valence-electron chi connectivity index (χ2n) is 10.6. The van der Waals surface area contributed by atoms with Gasteiger partial charge in [-0.2, -0.15) is 10.4 Å². The monoisotopic (exact) mass is 546 g/mol. The van der Waals surface area contributed by atoms with Crippen molar-refractivity contribution >= 4 is 34.2 Å². The maximum atomic E-state index is 15.2. The lowest BCUT2D eigenvalue weighted by molar-refractivity contribution is -0.155. The standard InChI is InChI=1S/C30H32F2N6O2/c1-6-38-25-12-11-21(14-20(25)17-34-38)35-28-19(16-33)15-24(32)29(37-28)36-27(22-9-7-8-10-23(22)31)18(2)13-26(39)40-30(3,4)5/h7-12,14-15,17-18,27H,6,13H2,1-5H3,(H2,35,36,37)/t18-,27+/m1/s1. The second kappa shape index (κ2) is 11.7. The molecule has 0 aliphatic rings. The van der Waals surface area contributed by atoms with Gasteiger partial charge in [-0.25, -0.2) is 13.8 Å². The van der Waals surface area contributed by atoms with Crippen LogP contribution in [0.25, 0.3) is 10.9 Å². The zero-order valence-corrected chi connectivity index (χ0v) is 23.1. The van der Waals surface area contributed by atoms with Gasteiger partial charge in [0.2, 0.25) is 0 Å². The number of fused-ring (bicyclic) bond motifs is 1. The Morgan fingerprint density at radius 2 is 1.88 bits per heavy atom. The summed E-state index contributed by atoms with van der Waals surface area (Å²) in [4.78, 5) is 17.0. The van der Waals surface area contributed by atoms with Gasteiger partial charge in [0.05, 0.1) is 29.7 Å². The summed E-state index contributed by atoms with van der Waals surface area (Å²) in [7, 11) is 0. The van der Waals surface area contributed by atoms with Gasteiger partial charge in [-0.3, -0.25) is 9.48 Å². The third-order valence-corrected chi connectivity index (χ3v) is 6.31. The maximum Gasteiger partial charge on any atom is 0.306 e. The first kappa shape index (κ1) is 28.5. The van der Waals surface area contributed by atoms with E-state index in [0.29, 0.717) is 5.69 Å². The molecule has 4 rings (SSSR count). The van der Waals surface area contributed by atoms with Gasteiger partial charge >= 0.3 is 5.97 Å². The van der Waals surface area contributed by atoms with Crippen molar-refractivity contribution in [1.82, 2.24) is 14.8 Å². The molecule has 0 aliphatic heterocycles. The first-order valence-corrected chi connectivity index (χ1v) is 13.0. The molecule has 2 heterocycles. The fourth-order valence-corrected chi connectivity index (χ4v) is 4.49. The van der Waals surface area contributed by atoms with Gasteiger partial charge < -0.3 is 15.4 Å². The van der Waals surface area contributed by atoms with Gasteiger partial charge in [-0.15, -0.1) is 0 Å². The molecule has 0 saturated heterocycles. The zero-order chi connectivity index (χ0) is 29.0. The number of nitriles is 1. The molecule has 0 unspecified atom stereocenters. The van der Waals surface area contributed by atoms with Gasteiger partial charge in [-0.05, 0) is 63.9 Å². The number of aryl methyl sites for hydroxylation is 1. The summed E-state index contributed by atoms with van der Waals surface area (Å²) in [5.41, 5.74) is 1.15. The van der Waals surface area contributed by atoms with Crippen LogP contribution in [0.5, 0.6) is 0 Å². The van der Waals surface area contributed by atoms with Crippen LogP contribution in [0.15, 0.2) is 54.7 Å². The van der Waals surface area contributed by atoms with E-state index in [2.05, 4.69) is 20.7 Å². The van der Waals surface area contributed by atoms with Crippen LogP contribution >= 0.6 is 0 Å². The molecule has 0 aliphatic carbocycles. The van der Waals surface area contributed by atoms with Crippen molar-refractivity contribution in [1.29, 1.82) is 5.26 Å². The number of halogens is 2. The molecule has 2 aromatic heterocycles. The molecule has 0 fully saturated rings. The van der Waals surface area contributed by atoms with Gasteiger partial charge in [0.15, 0.2) is 17.5 Å². The van der Waals surface area contributed by atoms with E-state index in [1.54, 1.807) is 52.1 Å². The summed E-state index contributed by atoms with van der Waals surface area (Å²) in [5, 5.41) is 21.0. The summed E-state index contributed by atoms with van der Waals surface area (Å²) in [6.07, 6.45) is 1.70. The molecule has 2 N–H and O–H groups in total. The van der Waals surface area contributed by atoms with Crippen LogP contribution in [0.4, 0.5) is 26.1 Å². The van der Waals surface area contributed by atoms with Crippen molar-refractivity contribution in [2.45, 2.75) is 59.2 Å².